The van der Waals surface area contributed by atoms with E-state index in [1.165, 1.54) is 30.8 Å². The van der Waals surface area contributed by atoms with Gasteiger partial charge in [0, 0.05) is 37.5 Å². The number of esters is 2. The van der Waals surface area contributed by atoms with Crippen LogP contribution in [-0.2, 0) is 82.0 Å². The van der Waals surface area contributed by atoms with Crippen LogP contribution in [0.3, 0.4) is 0 Å². The molecule has 0 amide bonds. The number of ketones is 2. The fourth-order valence-electron chi connectivity index (χ4n) is 8.31. The third kappa shape index (κ3) is 19.4. The van der Waals surface area contributed by atoms with E-state index in [0.29, 0.717) is 45.3 Å². The smallest absolute Gasteiger partial charge is 0.394 e. The van der Waals surface area contributed by atoms with Crippen molar-refractivity contribution >= 4 is 59.0 Å². The Kier molecular flexibility index (Phi) is 25.6. The second-order valence-corrected chi connectivity index (χ2v) is 21.4. The Labute approximate surface area is 435 Å². The Morgan fingerprint density at radius 1 is 0.643 bits per heavy atom. The number of Topliss-reactive ketones (excluding diaryl/α,β-unsaturated/α-hetero) is 2. The van der Waals surface area contributed by atoms with Crippen LogP contribution in [0.15, 0.2) is 30.3 Å². The molecule has 0 bridgehead atoms. The van der Waals surface area contributed by atoms with Gasteiger partial charge in [-0.05, 0) is 100.0 Å². The van der Waals surface area contributed by atoms with E-state index < -0.39 is 67.1 Å². The van der Waals surface area contributed by atoms with E-state index in [9.17, 15) is 29.4 Å². The quantitative estimate of drug-likeness (QED) is 0.0981. The van der Waals surface area contributed by atoms with Crippen LogP contribution >= 0.6 is 0 Å². The fraction of sp³-hybridized carbons (Fsp3) is 0.800. The van der Waals surface area contributed by atoms with Gasteiger partial charge in [0.15, 0.2) is 23.8 Å². The van der Waals surface area contributed by atoms with Gasteiger partial charge in [0.1, 0.15) is 42.7 Å². The maximum Gasteiger partial charge on any atom is 0.394 e. The van der Waals surface area contributed by atoms with Crippen LogP contribution in [0, 0.1) is 0 Å². The van der Waals surface area contributed by atoms with Gasteiger partial charge in [-0.2, -0.15) is 0 Å². The van der Waals surface area contributed by atoms with Crippen molar-refractivity contribution in [2.24, 2.45) is 0 Å². The Morgan fingerprint density at radius 3 is 1.70 bits per heavy atom. The zero-order valence-electron chi connectivity index (χ0n) is 43.9. The summed E-state index contributed by atoms with van der Waals surface area (Å²) in [5.74, 6) is -1.21. The summed E-state index contributed by atoms with van der Waals surface area (Å²) in [6.07, 6.45) is -3.71. The number of hydrogen-bond acceptors (Lipinski definition) is 18. The summed E-state index contributed by atoms with van der Waals surface area (Å²) in [6, 6.07) is 9.74. The molecule has 6 heterocycles. The minimum Gasteiger partial charge on any atom is -0.506 e. The molecule has 392 valence electrons. The molecule has 0 saturated carbocycles. The van der Waals surface area contributed by atoms with Crippen LogP contribution in [0.4, 0.5) is 0 Å². The van der Waals surface area contributed by atoms with Gasteiger partial charge >= 0.3 is 28.6 Å². The molecule has 6 saturated heterocycles. The van der Waals surface area contributed by atoms with E-state index in [4.69, 9.17) is 46.7 Å². The number of rotatable bonds is 12. The molecule has 6 aliphatic heterocycles. The maximum atomic E-state index is 12.9. The van der Waals surface area contributed by atoms with Crippen molar-refractivity contribution in [2.75, 3.05) is 20.8 Å². The van der Waals surface area contributed by atoms with Crippen LogP contribution in [0.5, 0.6) is 0 Å². The van der Waals surface area contributed by atoms with E-state index in [2.05, 4.69) is 9.47 Å². The summed E-state index contributed by atoms with van der Waals surface area (Å²) in [5, 5.41) is 21.0. The first kappa shape index (κ1) is 62.4. The molecule has 0 aromatic heterocycles. The van der Waals surface area contributed by atoms with Gasteiger partial charge in [-0.1, -0.05) is 43.7 Å². The minimum absolute atomic E-state index is 0. The van der Waals surface area contributed by atoms with Crippen molar-refractivity contribution in [1.82, 2.24) is 0 Å². The van der Waals surface area contributed by atoms with Gasteiger partial charge in [0.2, 0.25) is 0 Å². The number of methoxy groups -OCH3 is 2. The zero-order valence-corrected chi connectivity index (χ0v) is 45.3. The van der Waals surface area contributed by atoms with Crippen LogP contribution in [0.25, 0.3) is 0 Å². The first-order valence-corrected chi connectivity index (χ1v) is 24.9. The van der Waals surface area contributed by atoms with Crippen LogP contribution < -0.4 is 0 Å². The van der Waals surface area contributed by atoms with Crippen molar-refractivity contribution in [3.05, 3.63) is 35.9 Å². The average Bonchev–Trinajstić information content (AvgIpc) is 3.79. The first-order chi connectivity index (χ1) is 32.4. The molecule has 0 spiro atoms. The van der Waals surface area contributed by atoms with E-state index in [0.717, 1.165) is 18.4 Å². The average molecular weight is 1000 g/mol. The molecule has 2 N–H and O–H groups in total. The molecular formula is C50H80AlLiO18. The predicted molar refractivity (Wildman–Crippen MR) is 257 cm³/mol. The molecule has 14 atom stereocenters. The summed E-state index contributed by atoms with van der Waals surface area (Å²) in [4.78, 5) is 58.7. The minimum atomic E-state index is -0.963. The Bertz CT molecular complexity index is 1740. The van der Waals surface area contributed by atoms with Crippen molar-refractivity contribution < 1.29 is 85.6 Å². The van der Waals surface area contributed by atoms with Gasteiger partial charge in [-0.15, -0.1) is 0 Å². The molecule has 20 heteroatoms. The van der Waals surface area contributed by atoms with E-state index in [1.54, 1.807) is 0 Å². The Hall–Kier alpha value is -1.85. The SMILES string of the molecule is CC(C)(C)OOC(C)(C)C.CC(C)(C)[O][AlH].CCC[C@H]1O[C@H]2[C@@H](O)[C@H]3O[C@@H](CC(=O)OC)CC[C@@H]3O[C@H]2[C@H]1O.COC(=O)C[C@H]1CC[C@@H]2O[C@H]3C(=O)[C@@H](CCOCc4ccccc4)O[C@H]3C(=O)[C@H]2O1.[Li]. The number of hydrogen-bond donors (Lipinski definition) is 2. The molecule has 0 aliphatic carbocycles. The van der Waals surface area contributed by atoms with Gasteiger partial charge < -0.3 is 56.6 Å². The number of carbonyl (C=O) groups excluding carboxylic acids is 4. The van der Waals surface area contributed by atoms with Crippen LogP contribution in [0.2, 0.25) is 0 Å². The number of carbonyl (C=O) groups is 4. The number of aliphatic hydroxyl groups excluding tert-OH is 2. The van der Waals surface area contributed by atoms with Gasteiger partial charge in [-0.25, -0.2) is 9.78 Å². The van der Waals surface area contributed by atoms with Crippen molar-refractivity contribution in [3.63, 3.8) is 0 Å². The van der Waals surface area contributed by atoms with E-state index >= 15 is 0 Å². The summed E-state index contributed by atoms with van der Waals surface area (Å²) in [7, 11) is 2.66. The third-order valence-corrected chi connectivity index (χ3v) is 12.7. The zero-order chi connectivity index (χ0) is 51.3. The van der Waals surface area contributed by atoms with Gasteiger partial charge in [0.25, 0.3) is 0 Å². The second-order valence-electron chi connectivity index (χ2n) is 21.1. The summed E-state index contributed by atoms with van der Waals surface area (Å²) in [5.41, 5.74) is 0.671. The summed E-state index contributed by atoms with van der Waals surface area (Å²) < 4.78 is 55.1. The van der Waals surface area contributed by atoms with Gasteiger partial charge in [-0.3, -0.25) is 19.2 Å². The normalized spacial score (nSPS) is 32.3. The molecule has 1 aromatic carbocycles. The first-order valence-electron chi connectivity index (χ1n) is 24.3. The van der Waals surface area contributed by atoms with Gasteiger partial charge in [0.05, 0.1) is 75.4 Å². The molecule has 18 nitrogen and oxygen atoms in total. The Balaban J connectivity index is 0.000000285. The molecular weight excluding hydrogens is 922 g/mol. The number of benzene rings is 1. The topological polar surface area (TPSA) is 219 Å². The molecule has 0 unspecified atom stereocenters. The van der Waals surface area contributed by atoms with Crippen molar-refractivity contribution in [3.8, 4) is 0 Å². The predicted octanol–water partition coefficient (Wildman–Crippen LogP) is 4.30. The number of fused-ring (bicyclic) bond motifs is 4. The second kappa shape index (κ2) is 28.7. The largest absolute Gasteiger partial charge is 0.506 e. The molecule has 6 fully saturated rings. The number of ether oxygens (including phenoxy) is 9. The van der Waals surface area contributed by atoms with E-state index in [-0.39, 0.29) is 90.3 Å². The van der Waals surface area contributed by atoms with Crippen LogP contribution in [-0.4, -0.2) is 192 Å². The monoisotopic (exact) mass is 1000 g/mol. The molecule has 1 aromatic rings. The molecule has 7 rings (SSSR count). The molecule has 2 radical (unpaired) electrons. The van der Waals surface area contributed by atoms with Crippen LogP contribution in [0.1, 0.15) is 133 Å². The van der Waals surface area contributed by atoms with Crippen molar-refractivity contribution in [1.29, 1.82) is 0 Å². The third-order valence-electron chi connectivity index (χ3n) is 11.8. The molecule has 6 aliphatic rings. The summed E-state index contributed by atoms with van der Waals surface area (Å²) in [6.45, 7) is 20.6. The maximum absolute atomic E-state index is 12.9. The Morgan fingerprint density at radius 2 is 1.17 bits per heavy atom. The van der Waals surface area contributed by atoms with E-state index in [1.807, 2.05) is 99.6 Å². The standard InChI is InChI=1S/C22H26O8.C16H26O7.C8H18O2.C4H9O.Al.Li.H/c1-26-17(23)11-14-7-8-16-20(28-14)19(25)22-21(30-16)18(24)15(29-22)9-10-27-12-13-5-3-2-4-6-13;1-3-4-9-12(18)15-16(22-9)13(19)14-10(23-15)6-5-8(21-14)7-11(17)20-2;1-7(2,3)9-10-8(4,5)6;1-4(2,3)5;;;/h2-6,14-16,20-22H,7-12H2,1H3;8-10,12-16,18-19H,3-7H2,1-2H3;1-6H3;1-3H3;;;/q;;;-1;+1;;/t14-,15-,16+,20+,21+,22+;8-,9-,10+,12+,13+,14+,15+,16+;;;;;/m11...../s1. The summed E-state index contributed by atoms with van der Waals surface area (Å²) >= 11 is 1.54. The number of aliphatic hydroxyl groups is 2. The fourth-order valence-corrected chi connectivity index (χ4v) is 8.31. The molecule has 70 heavy (non-hydrogen) atoms. The van der Waals surface area contributed by atoms with Crippen molar-refractivity contribution in [2.45, 2.75) is 236 Å².